The molecule has 0 aromatic heterocycles. The summed E-state index contributed by atoms with van der Waals surface area (Å²) in [6.45, 7) is 2.25. The number of benzene rings is 1. The van der Waals surface area contributed by atoms with Crippen LogP contribution in [0.4, 0.5) is 0 Å². The Hall–Kier alpha value is -1.71. The third kappa shape index (κ3) is 2.47. The quantitative estimate of drug-likeness (QED) is 0.776. The molecule has 0 atom stereocenters. The molecule has 0 heterocycles. The number of carbonyl (C=O) groups is 1. The molecule has 0 aliphatic heterocycles. The van der Waals surface area contributed by atoms with Gasteiger partial charge in [-0.2, -0.15) is 0 Å². The number of methoxy groups -OCH3 is 2. The van der Waals surface area contributed by atoms with Crippen molar-refractivity contribution < 1.29 is 19.0 Å². The van der Waals surface area contributed by atoms with Crippen LogP contribution in [0.3, 0.4) is 0 Å². The maximum atomic E-state index is 12.4. The summed E-state index contributed by atoms with van der Waals surface area (Å²) >= 11 is 0. The van der Waals surface area contributed by atoms with Crippen molar-refractivity contribution in [2.75, 3.05) is 20.8 Å². The molecule has 1 aromatic carbocycles. The number of ether oxygens (including phenoxy) is 3. The van der Waals surface area contributed by atoms with Crippen LogP contribution >= 0.6 is 0 Å². The zero-order valence-corrected chi connectivity index (χ0v) is 12.4. The lowest BCUT2D eigenvalue weighted by Gasteiger charge is -2.27. The fourth-order valence-electron chi connectivity index (χ4n) is 2.99. The Kier molecular flexibility index (Phi) is 4.53. The first-order valence-corrected chi connectivity index (χ1v) is 7.07. The van der Waals surface area contributed by atoms with Crippen molar-refractivity contribution in [3.05, 3.63) is 23.8 Å². The molecular weight excluding hydrogens is 256 g/mol. The maximum Gasteiger partial charge on any atom is 0.316 e. The summed E-state index contributed by atoms with van der Waals surface area (Å²) in [5.74, 6) is 1.21. The van der Waals surface area contributed by atoms with Crippen LogP contribution in [0.2, 0.25) is 0 Å². The van der Waals surface area contributed by atoms with E-state index in [2.05, 4.69) is 0 Å². The van der Waals surface area contributed by atoms with Gasteiger partial charge in [0.1, 0.15) is 0 Å². The first kappa shape index (κ1) is 14.7. The predicted molar refractivity (Wildman–Crippen MR) is 76.3 cm³/mol. The van der Waals surface area contributed by atoms with Gasteiger partial charge in [0.2, 0.25) is 0 Å². The topological polar surface area (TPSA) is 44.8 Å². The van der Waals surface area contributed by atoms with E-state index in [1.807, 2.05) is 25.1 Å². The monoisotopic (exact) mass is 278 g/mol. The van der Waals surface area contributed by atoms with Crippen molar-refractivity contribution in [2.24, 2.45) is 0 Å². The second-order valence-corrected chi connectivity index (χ2v) is 5.08. The first-order valence-electron chi connectivity index (χ1n) is 7.07. The van der Waals surface area contributed by atoms with E-state index in [0.29, 0.717) is 18.1 Å². The lowest BCUT2D eigenvalue weighted by Crippen LogP contribution is -2.34. The summed E-state index contributed by atoms with van der Waals surface area (Å²) in [7, 11) is 3.21. The van der Waals surface area contributed by atoms with E-state index in [0.717, 1.165) is 31.2 Å². The van der Waals surface area contributed by atoms with E-state index < -0.39 is 5.41 Å². The van der Waals surface area contributed by atoms with Gasteiger partial charge in [0.15, 0.2) is 11.5 Å². The fraction of sp³-hybridized carbons (Fsp3) is 0.562. The molecule has 4 heteroatoms. The molecule has 1 aliphatic rings. The largest absolute Gasteiger partial charge is 0.493 e. The minimum Gasteiger partial charge on any atom is -0.493 e. The van der Waals surface area contributed by atoms with Crippen LogP contribution in [0.5, 0.6) is 11.5 Å². The summed E-state index contributed by atoms with van der Waals surface area (Å²) in [6, 6.07) is 5.71. The van der Waals surface area contributed by atoms with Gasteiger partial charge in [-0.25, -0.2) is 0 Å². The molecule has 1 aliphatic carbocycles. The van der Waals surface area contributed by atoms with Crippen molar-refractivity contribution in [3.8, 4) is 11.5 Å². The number of esters is 1. The number of hydrogen-bond donors (Lipinski definition) is 0. The zero-order chi connectivity index (χ0) is 14.6. The van der Waals surface area contributed by atoms with Crippen LogP contribution in [0.25, 0.3) is 0 Å². The van der Waals surface area contributed by atoms with E-state index in [1.165, 1.54) is 0 Å². The number of carbonyl (C=O) groups excluding carboxylic acids is 1. The Morgan fingerprint density at radius 2 is 1.80 bits per heavy atom. The number of hydrogen-bond acceptors (Lipinski definition) is 4. The molecule has 1 fully saturated rings. The van der Waals surface area contributed by atoms with Gasteiger partial charge in [0.25, 0.3) is 0 Å². The van der Waals surface area contributed by atoms with E-state index >= 15 is 0 Å². The molecule has 0 bridgehead atoms. The summed E-state index contributed by atoms with van der Waals surface area (Å²) < 4.78 is 15.9. The van der Waals surface area contributed by atoms with Crippen LogP contribution in [-0.2, 0) is 14.9 Å². The Morgan fingerprint density at radius 1 is 1.15 bits per heavy atom. The van der Waals surface area contributed by atoms with E-state index in [9.17, 15) is 4.79 Å². The molecule has 0 spiro atoms. The molecule has 110 valence electrons. The third-order valence-electron chi connectivity index (χ3n) is 4.06. The SMILES string of the molecule is CCOC(=O)C1(c2ccc(OC)c(OC)c2)CCCC1. The predicted octanol–water partition coefficient (Wildman–Crippen LogP) is 3.08. The van der Waals surface area contributed by atoms with Gasteiger partial charge in [0.05, 0.1) is 26.2 Å². The molecule has 1 aromatic rings. The maximum absolute atomic E-state index is 12.4. The fourth-order valence-corrected chi connectivity index (χ4v) is 2.99. The zero-order valence-electron chi connectivity index (χ0n) is 12.4. The Morgan fingerprint density at radius 3 is 2.35 bits per heavy atom. The number of rotatable bonds is 5. The van der Waals surface area contributed by atoms with Crippen molar-refractivity contribution in [3.63, 3.8) is 0 Å². The Balaban J connectivity index is 2.42. The molecular formula is C16H22O4. The van der Waals surface area contributed by atoms with Gasteiger partial charge < -0.3 is 14.2 Å². The average Bonchev–Trinajstić information content (AvgIpc) is 2.97. The minimum absolute atomic E-state index is 0.121. The van der Waals surface area contributed by atoms with E-state index in [4.69, 9.17) is 14.2 Å². The standard InChI is InChI=1S/C16H22O4/c1-4-20-15(17)16(9-5-6-10-16)12-7-8-13(18-2)14(11-12)19-3/h7-8,11H,4-6,9-10H2,1-3H3. The van der Waals surface area contributed by atoms with Crippen LogP contribution in [-0.4, -0.2) is 26.8 Å². The summed E-state index contributed by atoms with van der Waals surface area (Å²) in [5.41, 5.74) is 0.446. The van der Waals surface area contributed by atoms with Crippen molar-refractivity contribution in [2.45, 2.75) is 38.0 Å². The average molecular weight is 278 g/mol. The minimum atomic E-state index is -0.518. The molecule has 0 unspecified atom stereocenters. The highest BCUT2D eigenvalue weighted by Crippen LogP contribution is 2.44. The van der Waals surface area contributed by atoms with Gasteiger partial charge in [-0.1, -0.05) is 18.9 Å². The van der Waals surface area contributed by atoms with Gasteiger partial charge in [-0.3, -0.25) is 4.79 Å². The Bertz CT molecular complexity index is 475. The normalized spacial score (nSPS) is 16.8. The molecule has 4 nitrogen and oxygen atoms in total. The van der Waals surface area contributed by atoms with Crippen LogP contribution in [0.1, 0.15) is 38.2 Å². The smallest absolute Gasteiger partial charge is 0.316 e. The summed E-state index contributed by atoms with van der Waals surface area (Å²) in [4.78, 5) is 12.4. The first-order chi connectivity index (χ1) is 9.67. The van der Waals surface area contributed by atoms with E-state index in [1.54, 1.807) is 14.2 Å². The van der Waals surface area contributed by atoms with E-state index in [-0.39, 0.29) is 5.97 Å². The van der Waals surface area contributed by atoms with Crippen molar-refractivity contribution >= 4 is 5.97 Å². The molecule has 1 saturated carbocycles. The van der Waals surface area contributed by atoms with Gasteiger partial charge in [-0.05, 0) is 37.5 Å². The van der Waals surface area contributed by atoms with Crippen LogP contribution < -0.4 is 9.47 Å². The molecule has 0 saturated heterocycles. The van der Waals surface area contributed by atoms with Crippen molar-refractivity contribution in [1.82, 2.24) is 0 Å². The summed E-state index contributed by atoms with van der Waals surface area (Å²) in [5, 5.41) is 0. The lowest BCUT2D eigenvalue weighted by molar-refractivity contribution is -0.150. The second-order valence-electron chi connectivity index (χ2n) is 5.08. The van der Waals surface area contributed by atoms with Crippen molar-refractivity contribution in [1.29, 1.82) is 0 Å². The van der Waals surface area contributed by atoms with Gasteiger partial charge in [0, 0.05) is 0 Å². The molecule has 20 heavy (non-hydrogen) atoms. The highest BCUT2D eigenvalue weighted by molar-refractivity contribution is 5.84. The van der Waals surface area contributed by atoms with Gasteiger partial charge in [-0.15, -0.1) is 0 Å². The molecule has 0 amide bonds. The highest BCUT2D eigenvalue weighted by Gasteiger charge is 2.44. The van der Waals surface area contributed by atoms with Crippen LogP contribution in [0, 0.1) is 0 Å². The van der Waals surface area contributed by atoms with Crippen LogP contribution in [0.15, 0.2) is 18.2 Å². The molecule has 0 radical (unpaired) electrons. The highest BCUT2D eigenvalue weighted by atomic mass is 16.5. The molecule has 2 rings (SSSR count). The second kappa shape index (κ2) is 6.16. The molecule has 0 N–H and O–H groups in total. The lowest BCUT2D eigenvalue weighted by atomic mass is 9.79. The summed E-state index contributed by atoms with van der Waals surface area (Å²) in [6.07, 6.45) is 3.77. The van der Waals surface area contributed by atoms with Gasteiger partial charge >= 0.3 is 5.97 Å². The Labute approximate surface area is 120 Å². The third-order valence-corrected chi connectivity index (χ3v) is 4.06.